The van der Waals surface area contributed by atoms with Crippen LogP contribution in [0.25, 0.3) is 0 Å². The zero-order valence-electron chi connectivity index (χ0n) is 13.8. The summed E-state index contributed by atoms with van der Waals surface area (Å²) >= 11 is 0. The van der Waals surface area contributed by atoms with Gasteiger partial charge in [0.2, 0.25) is 0 Å². The molecule has 0 unspecified atom stereocenters. The molecule has 0 spiro atoms. The van der Waals surface area contributed by atoms with Gasteiger partial charge in [0, 0.05) is 5.56 Å². The molecule has 0 saturated carbocycles. The summed E-state index contributed by atoms with van der Waals surface area (Å²) in [5.41, 5.74) is 3.73. The van der Waals surface area contributed by atoms with Crippen LogP contribution >= 0.6 is 0 Å². The van der Waals surface area contributed by atoms with E-state index in [0.717, 1.165) is 22.3 Å². The monoisotopic (exact) mass is 278 g/mol. The van der Waals surface area contributed by atoms with E-state index in [1.54, 1.807) is 13.8 Å². The largest absolute Gasteiger partial charge is 0.507 e. The minimum Gasteiger partial charge on any atom is -0.507 e. The van der Waals surface area contributed by atoms with Crippen molar-refractivity contribution in [2.45, 2.75) is 66.9 Å². The molecule has 0 aromatic heterocycles. The first kappa shape index (κ1) is 16.5. The standard InChI is InChI=1S/C17H26O3/c1-9(2)20-16(19)13-11(4)10(3)12(5)14(15(13)18)17(6,7)8/h9,18H,1-8H3. The van der Waals surface area contributed by atoms with E-state index < -0.39 is 5.97 Å². The van der Waals surface area contributed by atoms with Crippen molar-refractivity contribution in [3.8, 4) is 5.75 Å². The van der Waals surface area contributed by atoms with E-state index in [2.05, 4.69) is 0 Å². The van der Waals surface area contributed by atoms with Crippen molar-refractivity contribution in [3.63, 3.8) is 0 Å². The third-order valence-corrected chi connectivity index (χ3v) is 3.65. The molecule has 0 aliphatic heterocycles. The van der Waals surface area contributed by atoms with Crippen molar-refractivity contribution in [3.05, 3.63) is 27.8 Å². The lowest BCUT2D eigenvalue weighted by Crippen LogP contribution is -2.19. The fourth-order valence-corrected chi connectivity index (χ4v) is 2.58. The Hall–Kier alpha value is -1.51. The van der Waals surface area contributed by atoms with E-state index in [0.29, 0.717) is 5.56 Å². The molecule has 1 rings (SSSR count). The average molecular weight is 278 g/mol. The van der Waals surface area contributed by atoms with Gasteiger partial charge in [-0.25, -0.2) is 4.79 Å². The lowest BCUT2D eigenvalue weighted by molar-refractivity contribution is 0.0373. The Kier molecular flexibility index (Phi) is 4.52. The first-order valence-electron chi connectivity index (χ1n) is 7.02. The first-order chi connectivity index (χ1) is 8.98. The fraction of sp³-hybridized carbons (Fsp3) is 0.588. The topological polar surface area (TPSA) is 46.5 Å². The molecular weight excluding hydrogens is 252 g/mol. The molecular formula is C17H26O3. The van der Waals surface area contributed by atoms with Crippen molar-refractivity contribution in [2.75, 3.05) is 0 Å². The molecule has 0 aliphatic carbocycles. The highest BCUT2D eigenvalue weighted by atomic mass is 16.5. The van der Waals surface area contributed by atoms with Crippen LogP contribution in [0.4, 0.5) is 0 Å². The van der Waals surface area contributed by atoms with E-state index in [9.17, 15) is 9.90 Å². The van der Waals surface area contributed by atoms with E-state index in [4.69, 9.17) is 4.74 Å². The summed E-state index contributed by atoms with van der Waals surface area (Å²) in [6, 6.07) is 0. The summed E-state index contributed by atoms with van der Waals surface area (Å²) in [6.07, 6.45) is -0.207. The Balaban J connectivity index is 3.62. The minimum absolute atomic E-state index is 0.0590. The molecule has 20 heavy (non-hydrogen) atoms. The molecule has 1 N–H and O–H groups in total. The number of hydrogen-bond donors (Lipinski definition) is 1. The quantitative estimate of drug-likeness (QED) is 0.825. The van der Waals surface area contributed by atoms with Gasteiger partial charge >= 0.3 is 5.97 Å². The number of benzene rings is 1. The maximum absolute atomic E-state index is 12.3. The van der Waals surface area contributed by atoms with Crippen molar-refractivity contribution in [1.82, 2.24) is 0 Å². The van der Waals surface area contributed by atoms with Crippen molar-refractivity contribution in [2.24, 2.45) is 0 Å². The van der Waals surface area contributed by atoms with Gasteiger partial charge in [-0.05, 0) is 56.7 Å². The summed E-state index contributed by atoms with van der Waals surface area (Å²) < 4.78 is 5.26. The van der Waals surface area contributed by atoms with Crippen LogP contribution < -0.4 is 0 Å². The highest BCUT2D eigenvalue weighted by Gasteiger charge is 2.29. The molecule has 0 radical (unpaired) electrons. The number of rotatable bonds is 2. The second kappa shape index (κ2) is 5.47. The maximum Gasteiger partial charge on any atom is 0.342 e. The van der Waals surface area contributed by atoms with Crippen molar-refractivity contribution in [1.29, 1.82) is 0 Å². The van der Waals surface area contributed by atoms with Crippen LogP contribution in [0.3, 0.4) is 0 Å². The lowest BCUT2D eigenvalue weighted by Gasteiger charge is -2.27. The van der Waals surface area contributed by atoms with Gasteiger partial charge in [-0.1, -0.05) is 20.8 Å². The molecule has 0 atom stereocenters. The number of ether oxygens (including phenoxy) is 1. The van der Waals surface area contributed by atoms with Crippen LogP contribution in [-0.2, 0) is 10.2 Å². The summed E-state index contributed by atoms with van der Waals surface area (Å²) in [5.74, 6) is -0.396. The van der Waals surface area contributed by atoms with E-state index in [-0.39, 0.29) is 17.3 Å². The number of aromatic hydroxyl groups is 1. The molecule has 0 heterocycles. The third-order valence-electron chi connectivity index (χ3n) is 3.65. The Morgan fingerprint density at radius 1 is 1.05 bits per heavy atom. The normalized spacial score (nSPS) is 11.8. The predicted molar refractivity (Wildman–Crippen MR) is 81.6 cm³/mol. The fourth-order valence-electron chi connectivity index (χ4n) is 2.58. The highest BCUT2D eigenvalue weighted by Crippen LogP contribution is 2.40. The van der Waals surface area contributed by atoms with Crippen LogP contribution in [0, 0.1) is 20.8 Å². The second-order valence-electron chi connectivity index (χ2n) is 6.68. The minimum atomic E-state index is -0.455. The van der Waals surface area contributed by atoms with Gasteiger partial charge in [-0.15, -0.1) is 0 Å². The molecule has 0 amide bonds. The number of hydrogen-bond acceptors (Lipinski definition) is 3. The van der Waals surface area contributed by atoms with E-state index in [1.165, 1.54) is 0 Å². The highest BCUT2D eigenvalue weighted by molar-refractivity contribution is 5.95. The molecule has 1 aromatic carbocycles. The van der Waals surface area contributed by atoms with Gasteiger partial charge in [0.15, 0.2) is 0 Å². The number of phenolic OH excluding ortho intramolecular Hbond substituents is 1. The SMILES string of the molecule is Cc1c(C)c(C(=O)OC(C)C)c(O)c(C(C)(C)C)c1C. The molecule has 112 valence electrons. The van der Waals surface area contributed by atoms with Crippen LogP contribution in [0.2, 0.25) is 0 Å². The molecule has 0 bridgehead atoms. The van der Waals surface area contributed by atoms with Crippen LogP contribution in [0.5, 0.6) is 5.75 Å². The first-order valence-corrected chi connectivity index (χ1v) is 7.02. The van der Waals surface area contributed by atoms with E-state index >= 15 is 0 Å². The molecule has 0 fully saturated rings. The van der Waals surface area contributed by atoms with Gasteiger partial charge in [-0.2, -0.15) is 0 Å². The zero-order chi connectivity index (χ0) is 15.8. The maximum atomic E-state index is 12.3. The third kappa shape index (κ3) is 2.97. The van der Waals surface area contributed by atoms with Crippen LogP contribution in [0.15, 0.2) is 0 Å². The molecule has 3 heteroatoms. The summed E-state index contributed by atoms with van der Waals surface area (Å²) in [7, 11) is 0. The Labute approximate surface area is 122 Å². The number of phenols is 1. The number of carbonyl (C=O) groups is 1. The Bertz CT molecular complexity index is 534. The number of carbonyl (C=O) groups excluding carboxylic acids is 1. The number of esters is 1. The van der Waals surface area contributed by atoms with Crippen molar-refractivity contribution < 1.29 is 14.6 Å². The van der Waals surface area contributed by atoms with Crippen molar-refractivity contribution >= 4 is 5.97 Å². The summed E-state index contributed by atoms with van der Waals surface area (Å²) in [6.45, 7) is 15.5. The van der Waals surface area contributed by atoms with Gasteiger partial charge in [-0.3, -0.25) is 0 Å². The van der Waals surface area contributed by atoms with Gasteiger partial charge in [0.05, 0.1) is 6.10 Å². The predicted octanol–water partition coefficient (Wildman–Crippen LogP) is 4.18. The zero-order valence-corrected chi connectivity index (χ0v) is 13.8. The molecule has 1 aromatic rings. The summed E-state index contributed by atoms with van der Waals surface area (Å²) in [5, 5.41) is 10.6. The average Bonchev–Trinajstić information content (AvgIpc) is 2.23. The molecule has 0 saturated heterocycles. The molecule has 3 nitrogen and oxygen atoms in total. The Morgan fingerprint density at radius 2 is 1.55 bits per heavy atom. The van der Waals surface area contributed by atoms with Gasteiger partial charge < -0.3 is 9.84 Å². The lowest BCUT2D eigenvalue weighted by atomic mass is 9.79. The van der Waals surface area contributed by atoms with Crippen LogP contribution in [-0.4, -0.2) is 17.2 Å². The van der Waals surface area contributed by atoms with Gasteiger partial charge in [0.1, 0.15) is 11.3 Å². The Morgan fingerprint density at radius 3 is 1.95 bits per heavy atom. The smallest absolute Gasteiger partial charge is 0.342 e. The van der Waals surface area contributed by atoms with E-state index in [1.807, 2.05) is 41.5 Å². The molecule has 0 aliphatic rings. The van der Waals surface area contributed by atoms with Crippen LogP contribution in [0.1, 0.15) is 67.2 Å². The van der Waals surface area contributed by atoms with Gasteiger partial charge in [0.25, 0.3) is 0 Å². The summed E-state index contributed by atoms with van der Waals surface area (Å²) in [4.78, 5) is 12.3. The second-order valence-corrected chi connectivity index (χ2v) is 6.68.